The highest BCUT2D eigenvalue weighted by atomic mass is 35.5. The second-order valence-electron chi connectivity index (χ2n) is 6.24. The molecule has 2 N–H and O–H groups in total. The number of hydrazine groups is 1. The number of benzene rings is 2. The van der Waals surface area contributed by atoms with Crippen LogP contribution in [0.4, 0.5) is 5.69 Å². The molecule has 140 valence electrons. The molecule has 0 spiro atoms. The van der Waals surface area contributed by atoms with E-state index in [1.165, 1.54) is 0 Å². The van der Waals surface area contributed by atoms with E-state index in [2.05, 4.69) is 10.9 Å². The van der Waals surface area contributed by atoms with Crippen molar-refractivity contribution in [3.63, 3.8) is 0 Å². The van der Waals surface area contributed by atoms with Gasteiger partial charge in [-0.3, -0.25) is 25.2 Å². The highest BCUT2D eigenvalue weighted by molar-refractivity contribution is 6.32. The normalized spacial score (nSPS) is 16.3. The van der Waals surface area contributed by atoms with Gasteiger partial charge in [0.2, 0.25) is 11.8 Å². The van der Waals surface area contributed by atoms with Crippen molar-refractivity contribution >= 4 is 46.6 Å². The van der Waals surface area contributed by atoms with Gasteiger partial charge in [0.05, 0.1) is 5.92 Å². The van der Waals surface area contributed by atoms with Crippen LogP contribution in [0.3, 0.4) is 0 Å². The summed E-state index contributed by atoms with van der Waals surface area (Å²) in [4.78, 5) is 38.3. The maximum atomic E-state index is 12.4. The third-order valence-corrected chi connectivity index (χ3v) is 5.09. The van der Waals surface area contributed by atoms with Crippen LogP contribution in [0.2, 0.25) is 10.0 Å². The van der Waals surface area contributed by atoms with Gasteiger partial charge >= 0.3 is 0 Å². The molecule has 2 aromatic carbocycles. The predicted molar refractivity (Wildman–Crippen MR) is 104 cm³/mol. The number of halogens is 2. The number of carbonyl (C=O) groups is 3. The fourth-order valence-electron chi connectivity index (χ4n) is 2.90. The van der Waals surface area contributed by atoms with Crippen LogP contribution in [0.15, 0.2) is 42.5 Å². The van der Waals surface area contributed by atoms with Gasteiger partial charge in [-0.05, 0) is 48.9 Å². The Balaban J connectivity index is 1.61. The SMILES string of the molecule is Cc1c(Cl)cccc1N1C[C@H](C(=O)NNC(=O)c2ccc(Cl)cc2)CC1=O. The van der Waals surface area contributed by atoms with E-state index < -0.39 is 17.7 Å². The largest absolute Gasteiger partial charge is 0.311 e. The smallest absolute Gasteiger partial charge is 0.269 e. The summed E-state index contributed by atoms with van der Waals surface area (Å²) in [6, 6.07) is 11.6. The summed E-state index contributed by atoms with van der Waals surface area (Å²) in [5.74, 6) is -1.62. The molecular formula is C19H17Cl2N3O3. The molecule has 6 nitrogen and oxygen atoms in total. The minimum atomic E-state index is -0.568. The molecule has 8 heteroatoms. The summed E-state index contributed by atoms with van der Waals surface area (Å²) in [7, 11) is 0. The first kappa shape index (κ1) is 19.2. The lowest BCUT2D eigenvalue weighted by atomic mass is 10.1. The molecule has 1 fully saturated rings. The van der Waals surface area contributed by atoms with Crippen molar-refractivity contribution in [1.82, 2.24) is 10.9 Å². The lowest BCUT2D eigenvalue weighted by Crippen LogP contribution is -2.45. The zero-order valence-electron chi connectivity index (χ0n) is 14.5. The molecule has 3 amide bonds. The van der Waals surface area contributed by atoms with Crippen LogP contribution in [0.1, 0.15) is 22.3 Å². The lowest BCUT2D eigenvalue weighted by Gasteiger charge is -2.19. The van der Waals surface area contributed by atoms with Crippen LogP contribution < -0.4 is 15.8 Å². The Bertz CT molecular complexity index is 900. The number of amides is 3. The van der Waals surface area contributed by atoms with Crippen LogP contribution in [0.25, 0.3) is 0 Å². The van der Waals surface area contributed by atoms with Crippen molar-refractivity contribution < 1.29 is 14.4 Å². The monoisotopic (exact) mass is 405 g/mol. The van der Waals surface area contributed by atoms with Crippen molar-refractivity contribution in [2.45, 2.75) is 13.3 Å². The summed E-state index contributed by atoms with van der Waals surface area (Å²) < 4.78 is 0. The van der Waals surface area contributed by atoms with Crippen molar-refractivity contribution in [3.05, 3.63) is 63.6 Å². The molecule has 1 aliphatic rings. The van der Waals surface area contributed by atoms with Crippen LogP contribution in [-0.4, -0.2) is 24.3 Å². The van der Waals surface area contributed by atoms with Gasteiger partial charge in [-0.15, -0.1) is 0 Å². The molecule has 0 saturated carbocycles. The van der Waals surface area contributed by atoms with Gasteiger partial charge < -0.3 is 4.90 Å². The standard InChI is InChI=1S/C19H17Cl2N3O3/c1-11-15(21)3-2-4-16(11)24-10-13(9-17(24)25)19(27)23-22-18(26)12-5-7-14(20)8-6-12/h2-8,13H,9-10H2,1H3,(H,22,26)(H,23,27)/t13-/m1/s1. The molecule has 0 aliphatic carbocycles. The zero-order valence-corrected chi connectivity index (χ0v) is 16.0. The van der Waals surface area contributed by atoms with E-state index in [0.717, 1.165) is 5.56 Å². The van der Waals surface area contributed by atoms with E-state index >= 15 is 0 Å². The van der Waals surface area contributed by atoms with Crippen LogP contribution in [0.5, 0.6) is 0 Å². The predicted octanol–water partition coefficient (Wildman–Crippen LogP) is 3.12. The molecule has 0 bridgehead atoms. The number of nitrogens with zero attached hydrogens (tertiary/aromatic N) is 1. The van der Waals surface area contributed by atoms with Gasteiger partial charge in [-0.2, -0.15) is 0 Å². The lowest BCUT2D eigenvalue weighted by molar-refractivity contribution is -0.126. The summed E-state index contributed by atoms with van der Waals surface area (Å²) in [5, 5.41) is 1.07. The fourth-order valence-corrected chi connectivity index (χ4v) is 3.19. The maximum Gasteiger partial charge on any atom is 0.269 e. The third-order valence-electron chi connectivity index (χ3n) is 4.43. The van der Waals surface area contributed by atoms with Gasteiger partial charge in [-0.25, -0.2) is 0 Å². The van der Waals surface area contributed by atoms with Crippen LogP contribution in [-0.2, 0) is 9.59 Å². The average Bonchev–Trinajstić information content (AvgIpc) is 3.04. The first-order valence-electron chi connectivity index (χ1n) is 8.28. The number of hydrogen-bond acceptors (Lipinski definition) is 3. The van der Waals surface area contributed by atoms with E-state index in [0.29, 0.717) is 21.3 Å². The summed E-state index contributed by atoms with van der Waals surface area (Å²) in [5.41, 5.74) is 6.56. The van der Waals surface area contributed by atoms with E-state index in [4.69, 9.17) is 23.2 Å². The molecule has 3 rings (SSSR count). The summed E-state index contributed by atoms with van der Waals surface area (Å²) in [6.45, 7) is 2.05. The second-order valence-corrected chi connectivity index (χ2v) is 7.08. The molecule has 0 radical (unpaired) electrons. The first-order valence-corrected chi connectivity index (χ1v) is 9.03. The molecule has 0 unspecified atom stereocenters. The quantitative estimate of drug-likeness (QED) is 0.769. The van der Waals surface area contributed by atoms with Gasteiger partial charge in [-0.1, -0.05) is 29.3 Å². The Hall–Kier alpha value is -2.57. The van der Waals surface area contributed by atoms with E-state index in [1.54, 1.807) is 47.4 Å². The molecule has 0 aromatic heterocycles. The Morgan fingerprint density at radius 1 is 1.07 bits per heavy atom. The number of nitrogens with one attached hydrogen (secondary N) is 2. The minimum Gasteiger partial charge on any atom is -0.311 e. The van der Waals surface area contributed by atoms with E-state index in [9.17, 15) is 14.4 Å². The molecule has 27 heavy (non-hydrogen) atoms. The van der Waals surface area contributed by atoms with Crippen molar-refractivity contribution in [1.29, 1.82) is 0 Å². The number of carbonyl (C=O) groups excluding carboxylic acids is 3. The number of hydrogen-bond donors (Lipinski definition) is 2. The van der Waals surface area contributed by atoms with E-state index in [-0.39, 0.29) is 18.9 Å². The van der Waals surface area contributed by atoms with Gasteiger partial charge in [0.25, 0.3) is 5.91 Å². The molecule has 2 aromatic rings. The fraction of sp³-hybridized carbons (Fsp3) is 0.211. The van der Waals surface area contributed by atoms with Crippen molar-refractivity contribution in [2.24, 2.45) is 5.92 Å². The molecule has 1 saturated heterocycles. The Morgan fingerprint density at radius 2 is 1.78 bits per heavy atom. The van der Waals surface area contributed by atoms with Gasteiger partial charge in [0.15, 0.2) is 0 Å². The Morgan fingerprint density at radius 3 is 2.48 bits per heavy atom. The highest BCUT2D eigenvalue weighted by Crippen LogP contribution is 2.31. The zero-order chi connectivity index (χ0) is 19.6. The van der Waals surface area contributed by atoms with Crippen molar-refractivity contribution in [3.8, 4) is 0 Å². The summed E-state index contributed by atoms with van der Waals surface area (Å²) >= 11 is 11.9. The van der Waals surface area contributed by atoms with Gasteiger partial charge in [0.1, 0.15) is 0 Å². The average molecular weight is 406 g/mol. The topological polar surface area (TPSA) is 78.5 Å². The van der Waals surface area contributed by atoms with Crippen molar-refractivity contribution in [2.75, 3.05) is 11.4 Å². The number of anilines is 1. The van der Waals surface area contributed by atoms with Crippen LogP contribution in [0, 0.1) is 12.8 Å². The third kappa shape index (κ3) is 4.23. The second kappa shape index (κ2) is 7.98. The van der Waals surface area contributed by atoms with Gasteiger partial charge in [0, 0.05) is 34.3 Å². The molecule has 1 aliphatic heterocycles. The molecular weight excluding hydrogens is 389 g/mol. The maximum absolute atomic E-state index is 12.4. The van der Waals surface area contributed by atoms with E-state index in [1.807, 2.05) is 6.92 Å². The first-order chi connectivity index (χ1) is 12.9. The Kier molecular flexibility index (Phi) is 5.68. The molecule has 1 heterocycles. The number of rotatable bonds is 3. The van der Waals surface area contributed by atoms with Crippen LogP contribution >= 0.6 is 23.2 Å². The minimum absolute atomic E-state index is 0.0641. The Labute approximate surface area is 166 Å². The highest BCUT2D eigenvalue weighted by Gasteiger charge is 2.36. The molecule has 1 atom stereocenters. The summed E-state index contributed by atoms with van der Waals surface area (Å²) in [6.07, 6.45) is 0.0641.